The van der Waals surface area contributed by atoms with Crippen LogP contribution in [0.15, 0.2) is 30.6 Å². The van der Waals surface area contributed by atoms with E-state index in [0.29, 0.717) is 18.8 Å². The van der Waals surface area contributed by atoms with Crippen LogP contribution in [0, 0.1) is 5.41 Å². The predicted molar refractivity (Wildman–Crippen MR) is 90.5 cm³/mol. The Balaban J connectivity index is 1.32. The first kappa shape index (κ1) is 16.5. The van der Waals surface area contributed by atoms with Crippen molar-refractivity contribution in [2.45, 2.75) is 19.3 Å². The summed E-state index contributed by atoms with van der Waals surface area (Å²) in [6.07, 6.45) is 4.05. The second-order valence-electron chi connectivity index (χ2n) is 6.74. The van der Waals surface area contributed by atoms with Gasteiger partial charge in [-0.1, -0.05) is 0 Å². The lowest BCUT2D eigenvalue weighted by molar-refractivity contribution is -0.135. The van der Waals surface area contributed by atoms with Crippen molar-refractivity contribution < 1.29 is 14.3 Å². The third kappa shape index (κ3) is 3.12. The van der Waals surface area contributed by atoms with Gasteiger partial charge in [-0.05, 0) is 54.0 Å². The predicted octanol–water partition coefficient (Wildman–Crippen LogP) is 0.170. The summed E-state index contributed by atoms with van der Waals surface area (Å²) >= 11 is 0. The zero-order valence-electron chi connectivity index (χ0n) is 14.3. The van der Waals surface area contributed by atoms with E-state index in [1.807, 2.05) is 12.1 Å². The van der Waals surface area contributed by atoms with Gasteiger partial charge >= 0.3 is 0 Å². The van der Waals surface area contributed by atoms with Crippen LogP contribution in [-0.2, 0) is 9.59 Å². The molecule has 2 aromatic rings. The molecule has 1 spiro atoms. The fraction of sp³-hybridized carbons (Fsp3) is 0.471. The molecule has 2 fully saturated rings. The number of aromatic nitrogens is 4. The minimum Gasteiger partial charge on any atom is -0.484 e. The number of amides is 2. The molecule has 2 amide bonds. The van der Waals surface area contributed by atoms with Crippen LogP contribution in [0.4, 0.5) is 0 Å². The molecule has 9 heteroatoms. The number of benzene rings is 1. The first-order chi connectivity index (χ1) is 12.7. The van der Waals surface area contributed by atoms with E-state index >= 15 is 0 Å². The third-order valence-corrected chi connectivity index (χ3v) is 5.12. The maximum absolute atomic E-state index is 12.4. The van der Waals surface area contributed by atoms with E-state index in [4.69, 9.17) is 4.74 Å². The van der Waals surface area contributed by atoms with Gasteiger partial charge < -0.3 is 15.0 Å². The summed E-state index contributed by atoms with van der Waals surface area (Å²) in [5.74, 6) is 0.586. The van der Waals surface area contributed by atoms with E-state index in [-0.39, 0.29) is 18.4 Å². The highest BCUT2D eigenvalue weighted by atomic mass is 16.5. The van der Waals surface area contributed by atoms with Crippen molar-refractivity contribution in [2.24, 2.45) is 5.41 Å². The molecule has 3 heterocycles. The third-order valence-electron chi connectivity index (χ3n) is 5.12. The molecule has 1 aromatic carbocycles. The van der Waals surface area contributed by atoms with E-state index in [9.17, 15) is 9.59 Å². The average molecular weight is 356 g/mol. The highest BCUT2D eigenvalue weighted by Crippen LogP contribution is 2.37. The van der Waals surface area contributed by atoms with Crippen molar-refractivity contribution >= 4 is 11.8 Å². The lowest BCUT2D eigenvalue weighted by Gasteiger charge is -2.32. The standard InChI is InChI=1S/C17H20N6O3/c24-15(22-9-7-17(11-22)6-1-8-18-16(17)25)10-26-14-4-2-13(3-5-14)23-12-19-20-21-23/h2-5,12H,1,6-11H2,(H,18,25)/t17-/m0/s1. The van der Waals surface area contributed by atoms with Crippen LogP contribution in [0.2, 0.25) is 0 Å². The maximum atomic E-state index is 12.4. The van der Waals surface area contributed by atoms with Gasteiger partial charge in [-0.3, -0.25) is 9.59 Å². The summed E-state index contributed by atoms with van der Waals surface area (Å²) in [5, 5.41) is 13.9. The molecule has 1 N–H and O–H groups in total. The zero-order valence-corrected chi connectivity index (χ0v) is 14.3. The number of nitrogens with one attached hydrogen (secondary N) is 1. The molecule has 136 valence electrons. The van der Waals surface area contributed by atoms with Gasteiger partial charge in [0.15, 0.2) is 6.61 Å². The Morgan fingerprint density at radius 1 is 1.27 bits per heavy atom. The van der Waals surface area contributed by atoms with Gasteiger partial charge in [0.2, 0.25) is 5.91 Å². The first-order valence-electron chi connectivity index (χ1n) is 8.69. The van der Waals surface area contributed by atoms with Crippen molar-refractivity contribution in [1.82, 2.24) is 30.4 Å². The lowest BCUT2D eigenvalue weighted by atomic mass is 9.79. The van der Waals surface area contributed by atoms with E-state index in [1.54, 1.807) is 17.0 Å². The Morgan fingerprint density at radius 2 is 2.12 bits per heavy atom. The Bertz CT molecular complexity index is 791. The number of piperidine rings is 1. The molecule has 2 aliphatic heterocycles. The van der Waals surface area contributed by atoms with Crippen LogP contribution in [0.1, 0.15) is 19.3 Å². The number of hydrogen-bond acceptors (Lipinski definition) is 6. The second kappa shape index (κ2) is 6.74. The average Bonchev–Trinajstić information content (AvgIpc) is 3.34. The molecule has 4 rings (SSSR count). The number of rotatable bonds is 4. The first-order valence-corrected chi connectivity index (χ1v) is 8.69. The van der Waals surface area contributed by atoms with Crippen LogP contribution in [0.5, 0.6) is 5.75 Å². The van der Waals surface area contributed by atoms with Gasteiger partial charge in [-0.15, -0.1) is 5.10 Å². The lowest BCUT2D eigenvalue weighted by Crippen LogP contribution is -2.48. The molecule has 0 radical (unpaired) electrons. The Morgan fingerprint density at radius 3 is 2.85 bits per heavy atom. The second-order valence-corrected chi connectivity index (χ2v) is 6.74. The summed E-state index contributed by atoms with van der Waals surface area (Å²) in [7, 11) is 0. The van der Waals surface area contributed by atoms with Gasteiger partial charge in [0.05, 0.1) is 11.1 Å². The monoisotopic (exact) mass is 356 g/mol. The van der Waals surface area contributed by atoms with Crippen LogP contribution in [-0.4, -0.2) is 63.2 Å². The highest BCUT2D eigenvalue weighted by Gasteiger charge is 2.46. The van der Waals surface area contributed by atoms with Gasteiger partial charge in [-0.2, -0.15) is 0 Å². The number of tetrazole rings is 1. The minimum atomic E-state index is -0.401. The Hall–Kier alpha value is -2.97. The largest absolute Gasteiger partial charge is 0.484 e. The van der Waals surface area contributed by atoms with Crippen molar-refractivity contribution in [3.8, 4) is 11.4 Å². The summed E-state index contributed by atoms with van der Waals surface area (Å²) in [6.45, 7) is 1.79. The fourth-order valence-corrected chi connectivity index (χ4v) is 3.62. The van der Waals surface area contributed by atoms with Crippen molar-refractivity contribution in [2.75, 3.05) is 26.2 Å². The highest BCUT2D eigenvalue weighted by molar-refractivity contribution is 5.86. The van der Waals surface area contributed by atoms with E-state index in [2.05, 4.69) is 20.8 Å². The van der Waals surface area contributed by atoms with Crippen LogP contribution in [0.3, 0.4) is 0 Å². The van der Waals surface area contributed by atoms with E-state index < -0.39 is 5.41 Å². The molecule has 9 nitrogen and oxygen atoms in total. The van der Waals surface area contributed by atoms with Crippen molar-refractivity contribution in [3.05, 3.63) is 30.6 Å². The summed E-state index contributed by atoms with van der Waals surface area (Å²) in [6, 6.07) is 7.16. The van der Waals surface area contributed by atoms with Gasteiger partial charge in [0.25, 0.3) is 5.91 Å². The number of carbonyl (C=O) groups excluding carboxylic acids is 2. The number of hydrogen-bond donors (Lipinski definition) is 1. The van der Waals surface area contributed by atoms with Gasteiger partial charge in [0, 0.05) is 19.6 Å². The van der Waals surface area contributed by atoms with Crippen molar-refractivity contribution in [3.63, 3.8) is 0 Å². The molecule has 1 atom stereocenters. The summed E-state index contributed by atoms with van der Waals surface area (Å²) in [5.41, 5.74) is 0.403. The molecule has 2 saturated heterocycles. The Labute approximate surface area is 150 Å². The molecule has 2 aliphatic rings. The van der Waals surface area contributed by atoms with Gasteiger partial charge in [-0.25, -0.2) is 4.68 Å². The van der Waals surface area contributed by atoms with E-state index in [1.165, 1.54) is 11.0 Å². The van der Waals surface area contributed by atoms with Crippen LogP contribution < -0.4 is 10.1 Å². The summed E-state index contributed by atoms with van der Waals surface area (Å²) in [4.78, 5) is 26.4. The van der Waals surface area contributed by atoms with E-state index in [0.717, 1.165) is 31.5 Å². The van der Waals surface area contributed by atoms with Crippen molar-refractivity contribution in [1.29, 1.82) is 0 Å². The fourth-order valence-electron chi connectivity index (χ4n) is 3.62. The number of carbonyl (C=O) groups is 2. The Kier molecular flexibility index (Phi) is 4.27. The SMILES string of the molecule is O=C(COc1ccc(-n2cnnn2)cc1)N1CC[C@@]2(CCCNC2=O)C1. The molecular formula is C17H20N6O3. The number of likely N-dealkylation sites (tertiary alicyclic amines) is 1. The number of ether oxygens (including phenoxy) is 1. The quantitative estimate of drug-likeness (QED) is 0.838. The molecular weight excluding hydrogens is 336 g/mol. The smallest absolute Gasteiger partial charge is 0.260 e. The molecule has 0 aliphatic carbocycles. The zero-order chi connectivity index (χ0) is 18.0. The normalized spacial score (nSPS) is 22.5. The molecule has 1 aromatic heterocycles. The maximum Gasteiger partial charge on any atom is 0.260 e. The van der Waals surface area contributed by atoms with Crippen LogP contribution >= 0.6 is 0 Å². The number of nitrogens with zero attached hydrogens (tertiary/aromatic N) is 5. The molecule has 0 saturated carbocycles. The minimum absolute atomic E-state index is 0.0398. The molecule has 0 bridgehead atoms. The topological polar surface area (TPSA) is 102 Å². The molecule has 26 heavy (non-hydrogen) atoms. The van der Waals surface area contributed by atoms with Crippen LogP contribution in [0.25, 0.3) is 5.69 Å². The van der Waals surface area contributed by atoms with Gasteiger partial charge in [0.1, 0.15) is 12.1 Å². The summed E-state index contributed by atoms with van der Waals surface area (Å²) < 4.78 is 7.14. The molecule has 0 unspecified atom stereocenters.